The van der Waals surface area contributed by atoms with Crippen LogP contribution in [0.2, 0.25) is 0 Å². The Morgan fingerprint density at radius 3 is 2.76 bits per heavy atom. The van der Waals surface area contributed by atoms with Crippen molar-refractivity contribution in [2.75, 3.05) is 13.6 Å². The average Bonchev–Trinajstić information content (AvgIpc) is 2.97. The van der Waals surface area contributed by atoms with Crippen LogP contribution in [0.25, 0.3) is 0 Å². The lowest BCUT2D eigenvalue weighted by molar-refractivity contribution is -0.131. The number of halogens is 1. The fraction of sp³-hybridized carbons (Fsp3) is 0.357. The molecule has 1 aromatic carbocycles. The predicted molar refractivity (Wildman–Crippen MR) is 74.1 cm³/mol. The number of nitrogens with zero attached hydrogens (tertiary/aromatic N) is 1. The summed E-state index contributed by atoms with van der Waals surface area (Å²) in [5.74, 6) is -0.799. The lowest BCUT2D eigenvalue weighted by Crippen LogP contribution is -2.36. The zero-order chi connectivity index (χ0) is 15.2. The Kier molecular flexibility index (Phi) is 4.86. The van der Waals surface area contributed by atoms with Crippen molar-refractivity contribution in [3.05, 3.63) is 35.6 Å². The number of oxime groups is 1. The van der Waals surface area contributed by atoms with Gasteiger partial charge in [-0.1, -0.05) is 17.3 Å². The summed E-state index contributed by atoms with van der Waals surface area (Å²) in [7, 11) is 1.53. The van der Waals surface area contributed by atoms with Crippen LogP contribution in [0.4, 0.5) is 4.39 Å². The highest BCUT2D eigenvalue weighted by molar-refractivity contribution is 6.04. The molecule has 2 amide bonds. The van der Waals surface area contributed by atoms with Gasteiger partial charge in [0.25, 0.3) is 5.91 Å². The maximum atomic E-state index is 12.8. The van der Waals surface area contributed by atoms with Gasteiger partial charge in [-0.25, -0.2) is 4.39 Å². The first-order chi connectivity index (χ1) is 10.1. The molecule has 21 heavy (non-hydrogen) atoms. The van der Waals surface area contributed by atoms with Crippen molar-refractivity contribution in [2.24, 2.45) is 5.16 Å². The fourth-order valence-corrected chi connectivity index (χ4v) is 1.87. The lowest BCUT2D eigenvalue weighted by Gasteiger charge is -2.08. The van der Waals surface area contributed by atoms with Crippen LogP contribution in [-0.2, 0) is 14.4 Å². The van der Waals surface area contributed by atoms with E-state index < -0.39 is 6.10 Å². The smallest absolute Gasteiger partial charge is 0.264 e. The zero-order valence-corrected chi connectivity index (χ0v) is 11.6. The third-order valence-electron chi connectivity index (χ3n) is 3.07. The van der Waals surface area contributed by atoms with E-state index >= 15 is 0 Å². The third-order valence-corrected chi connectivity index (χ3v) is 3.07. The van der Waals surface area contributed by atoms with E-state index in [9.17, 15) is 14.0 Å². The van der Waals surface area contributed by atoms with Gasteiger partial charge in [-0.3, -0.25) is 9.59 Å². The Bertz CT molecular complexity index is 557. The Labute approximate surface area is 121 Å². The number of hydrogen-bond donors (Lipinski definition) is 2. The lowest BCUT2D eigenvalue weighted by atomic mass is 10.0. The Balaban J connectivity index is 1.82. The van der Waals surface area contributed by atoms with Gasteiger partial charge in [0, 0.05) is 26.4 Å². The Morgan fingerprint density at radius 2 is 2.10 bits per heavy atom. The standard InChI is InChI=1S/C14H16FN3O3/c1-16-13(19)6-7-17-14(20)12-8-11(18-21-12)9-2-4-10(15)5-3-9/h2-5,12H,6-8H2,1H3,(H,16,19)(H,17,20). The van der Waals surface area contributed by atoms with Gasteiger partial charge in [-0.15, -0.1) is 0 Å². The number of nitrogens with one attached hydrogen (secondary N) is 2. The number of carbonyl (C=O) groups is 2. The molecule has 2 N–H and O–H groups in total. The molecule has 0 saturated carbocycles. The van der Waals surface area contributed by atoms with Crippen molar-refractivity contribution in [2.45, 2.75) is 18.9 Å². The van der Waals surface area contributed by atoms with Crippen molar-refractivity contribution in [1.29, 1.82) is 0 Å². The quantitative estimate of drug-likeness (QED) is 0.833. The van der Waals surface area contributed by atoms with Gasteiger partial charge in [0.1, 0.15) is 5.82 Å². The van der Waals surface area contributed by atoms with Crippen molar-refractivity contribution in [3.8, 4) is 0 Å². The molecule has 0 aromatic heterocycles. The minimum absolute atomic E-state index is 0.147. The normalized spacial score (nSPS) is 16.9. The maximum absolute atomic E-state index is 12.8. The second-order valence-corrected chi connectivity index (χ2v) is 4.56. The zero-order valence-electron chi connectivity index (χ0n) is 11.6. The number of benzene rings is 1. The van der Waals surface area contributed by atoms with E-state index in [2.05, 4.69) is 15.8 Å². The molecule has 1 aromatic rings. The first-order valence-electron chi connectivity index (χ1n) is 6.57. The molecule has 0 aliphatic carbocycles. The number of carbonyl (C=O) groups excluding carboxylic acids is 2. The average molecular weight is 293 g/mol. The highest BCUT2D eigenvalue weighted by Gasteiger charge is 2.28. The predicted octanol–water partition coefficient (Wildman–Crippen LogP) is 0.571. The van der Waals surface area contributed by atoms with E-state index in [0.717, 1.165) is 5.56 Å². The van der Waals surface area contributed by atoms with Gasteiger partial charge in [0.2, 0.25) is 12.0 Å². The second-order valence-electron chi connectivity index (χ2n) is 4.56. The monoisotopic (exact) mass is 293 g/mol. The number of amides is 2. The minimum Gasteiger partial charge on any atom is -0.382 e. The van der Waals surface area contributed by atoms with Gasteiger partial charge in [-0.05, 0) is 17.7 Å². The molecule has 1 heterocycles. The first-order valence-corrected chi connectivity index (χ1v) is 6.57. The number of rotatable bonds is 5. The highest BCUT2D eigenvalue weighted by Crippen LogP contribution is 2.17. The molecule has 1 aliphatic heterocycles. The van der Waals surface area contributed by atoms with Crippen LogP contribution in [0.5, 0.6) is 0 Å². The van der Waals surface area contributed by atoms with Crippen LogP contribution < -0.4 is 10.6 Å². The van der Waals surface area contributed by atoms with Gasteiger partial charge in [-0.2, -0.15) is 0 Å². The highest BCUT2D eigenvalue weighted by atomic mass is 19.1. The molecule has 0 saturated heterocycles. The summed E-state index contributed by atoms with van der Waals surface area (Å²) in [6.45, 7) is 0.240. The molecule has 2 rings (SSSR count). The number of hydrogen-bond acceptors (Lipinski definition) is 4. The summed E-state index contributed by atoms with van der Waals surface area (Å²) in [5, 5.41) is 8.93. The topological polar surface area (TPSA) is 79.8 Å². The van der Waals surface area contributed by atoms with Crippen molar-refractivity contribution in [1.82, 2.24) is 10.6 Å². The van der Waals surface area contributed by atoms with Crippen molar-refractivity contribution in [3.63, 3.8) is 0 Å². The van der Waals surface area contributed by atoms with Gasteiger partial charge in [0.05, 0.1) is 5.71 Å². The second kappa shape index (κ2) is 6.83. The van der Waals surface area contributed by atoms with Gasteiger partial charge in [0.15, 0.2) is 0 Å². The SMILES string of the molecule is CNC(=O)CCNC(=O)C1CC(c2ccc(F)cc2)=NO1. The molecule has 0 fully saturated rings. The summed E-state index contributed by atoms with van der Waals surface area (Å²) < 4.78 is 12.8. The molecule has 112 valence electrons. The molecule has 1 unspecified atom stereocenters. The molecular weight excluding hydrogens is 277 g/mol. The summed E-state index contributed by atoms with van der Waals surface area (Å²) in [4.78, 5) is 28.0. The van der Waals surface area contributed by atoms with E-state index in [4.69, 9.17) is 4.84 Å². The first kappa shape index (κ1) is 15.0. The third kappa shape index (κ3) is 4.01. The van der Waals surface area contributed by atoms with Crippen LogP contribution >= 0.6 is 0 Å². The molecule has 0 bridgehead atoms. The molecule has 6 nitrogen and oxygen atoms in total. The van der Waals surface area contributed by atoms with Crippen LogP contribution in [0.15, 0.2) is 29.4 Å². The Morgan fingerprint density at radius 1 is 1.38 bits per heavy atom. The fourth-order valence-electron chi connectivity index (χ4n) is 1.87. The van der Waals surface area contributed by atoms with Crippen molar-refractivity contribution < 1.29 is 18.8 Å². The van der Waals surface area contributed by atoms with Crippen LogP contribution in [0.1, 0.15) is 18.4 Å². The summed E-state index contributed by atoms with van der Waals surface area (Å²) >= 11 is 0. The summed E-state index contributed by atoms with van der Waals surface area (Å²) in [6.07, 6.45) is -0.187. The van der Waals surface area contributed by atoms with E-state index in [1.54, 1.807) is 12.1 Å². The molecule has 1 atom stereocenters. The van der Waals surface area contributed by atoms with E-state index in [0.29, 0.717) is 12.1 Å². The van der Waals surface area contributed by atoms with Gasteiger partial charge < -0.3 is 15.5 Å². The van der Waals surface area contributed by atoms with Crippen molar-refractivity contribution >= 4 is 17.5 Å². The molecule has 0 spiro atoms. The molecular formula is C14H16FN3O3. The maximum Gasteiger partial charge on any atom is 0.264 e. The van der Waals surface area contributed by atoms with Crippen LogP contribution in [0, 0.1) is 5.82 Å². The summed E-state index contributed by atoms with van der Waals surface area (Å²) in [5.41, 5.74) is 1.32. The van der Waals surface area contributed by atoms with E-state index in [1.807, 2.05) is 0 Å². The minimum atomic E-state index is -0.713. The van der Waals surface area contributed by atoms with E-state index in [1.165, 1.54) is 19.2 Å². The van der Waals surface area contributed by atoms with Crippen LogP contribution in [-0.4, -0.2) is 37.2 Å². The van der Waals surface area contributed by atoms with E-state index in [-0.39, 0.29) is 30.6 Å². The molecule has 0 radical (unpaired) electrons. The van der Waals surface area contributed by atoms with Gasteiger partial charge >= 0.3 is 0 Å². The summed E-state index contributed by atoms with van der Waals surface area (Å²) in [6, 6.07) is 5.83. The largest absolute Gasteiger partial charge is 0.382 e. The molecule has 1 aliphatic rings. The Hall–Kier alpha value is -2.44. The molecule has 7 heteroatoms. The van der Waals surface area contributed by atoms with Crippen LogP contribution in [0.3, 0.4) is 0 Å².